The van der Waals surface area contributed by atoms with Crippen molar-refractivity contribution in [2.75, 3.05) is 53.1 Å². The van der Waals surface area contributed by atoms with Crippen molar-refractivity contribution in [3.05, 3.63) is 5.82 Å². The minimum atomic E-state index is -0.360. The first kappa shape index (κ1) is 21.6. The molecule has 1 aromatic heterocycles. The van der Waals surface area contributed by atoms with Gasteiger partial charge in [-0.3, -0.25) is 9.69 Å². The van der Waals surface area contributed by atoms with Crippen LogP contribution in [0, 0.1) is 5.92 Å². The zero-order valence-corrected chi connectivity index (χ0v) is 18.3. The van der Waals surface area contributed by atoms with Gasteiger partial charge in [0.05, 0.1) is 26.4 Å². The maximum Gasteiger partial charge on any atom is 0.222 e. The first-order chi connectivity index (χ1) is 14.7. The third-order valence-electron chi connectivity index (χ3n) is 7.08. The fourth-order valence-corrected chi connectivity index (χ4v) is 5.46. The van der Waals surface area contributed by atoms with E-state index in [0.29, 0.717) is 51.2 Å². The number of hydrogen-bond donors (Lipinski definition) is 0. The number of carbonyl (C=O) groups is 1. The average Bonchev–Trinajstić information content (AvgIpc) is 3.28. The van der Waals surface area contributed by atoms with E-state index in [1.807, 2.05) is 4.68 Å². The molecule has 9 heteroatoms. The normalized spacial score (nSPS) is 26.8. The van der Waals surface area contributed by atoms with E-state index in [0.717, 1.165) is 38.3 Å². The molecule has 168 valence electrons. The van der Waals surface area contributed by atoms with Crippen molar-refractivity contribution >= 4 is 5.91 Å². The number of piperidine rings is 1. The number of carbonyl (C=O) groups excluding carboxylic acids is 1. The van der Waals surface area contributed by atoms with Crippen molar-refractivity contribution in [3.8, 4) is 0 Å². The fraction of sp³-hybridized carbons (Fsp3) is 0.905. The van der Waals surface area contributed by atoms with E-state index in [1.54, 1.807) is 7.11 Å². The van der Waals surface area contributed by atoms with E-state index >= 15 is 0 Å². The largest absolute Gasteiger partial charge is 0.383 e. The minimum absolute atomic E-state index is 0.301. The molecule has 1 saturated carbocycles. The summed E-state index contributed by atoms with van der Waals surface area (Å²) in [7, 11) is 1.69. The van der Waals surface area contributed by atoms with E-state index < -0.39 is 0 Å². The van der Waals surface area contributed by atoms with Gasteiger partial charge in [0.1, 0.15) is 5.54 Å². The molecule has 4 rings (SSSR count). The summed E-state index contributed by atoms with van der Waals surface area (Å²) in [6, 6.07) is 0. The summed E-state index contributed by atoms with van der Waals surface area (Å²) in [5.74, 6) is 1.71. The number of nitrogens with zero attached hydrogens (tertiary/aromatic N) is 6. The van der Waals surface area contributed by atoms with Gasteiger partial charge >= 0.3 is 0 Å². The zero-order chi connectivity index (χ0) is 20.8. The lowest BCUT2D eigenvalue weighted by molar-refractivity contribution is -0.139. The summed E-state index contributed by atoms with van der Waals surface area (Å²) in [6.45, 7) is 5.74. The molecule has 0 spiro atoms. The zero-order valence-electron chi connectivity index (χ0n) is 18.3. The van der Waals surface area contributed by atoms with E-state index in [9.17, 15) is 4.79 Å². The van der Waals surface area contributed by atoms with Crippen LogP contribution in [0.5, 0.6) is 0 Å². The Labute approximate surface area is 179 Å². The summed E-state index contributed by atoms with van der Waals surface area (Å²) < 4.78 is 12.8. The Kier molecular flexibility index (Phi) is 7.32. The highest BCUT2D eigenvalue weighted by molar-refractivity contribution is 5.76. The average molecular weight is 421 g/mol. The van der Waals surface area contributed by atoms with Crippen molar-refractivity contribution < 1.29 is 14.3 Å². The van der Waals surface area contributed by atoms with Crippen LogP contribution in [-0.4, -0.2) is 89.0 Å². The molecule has 3 fully saturated rings. The number of tetrazole rings is 1. The first-order valence-corrected chi connectivity index (χ1v) is 11.6. The number of morpholine rings is 1. The molecule has 1 aliphatic carbocycles. The van der Waals surface area contributed by atoms with Crippen molar-refractivity contribution in [2.45, 2.75) is 63.5 Å². The van der Waals surface area contributed by atoms with Gasteiger partial charge in [-0.25, -0.2) is 4.68 Å². The molecule has 0 bridgehead atoms. The molecule has 1 aromatic rings. The Morgan fingerprint density at radius 1 is 1.17 bits per heavy atom. The van der Waals surface area contributed by atoms with Gasteiger partial charge in [-0.1, -0.05) is 19.3 Å². The number of ether oxygens (including phenoxy) is 2. The highest BCUT2D eigenvalue weighted by Crippen LogP contribution is 2.37. The topological polar surface area (TPSA) is 85.6 Å². The van der Waals surface area contributed by atoms with Crippen LogP contribution in [-0.2, 0) is 26.4 Å². The maximum absolute atomic E-state index is 13.3. The van der Waals surface area contributed by atoms with E-state index in [2.05, 4.69) is 25.3 Å². The summed E-state index contributed by atoms with van der Waals surface area (Å²) in [5, 5.41) is 12.7. The third kappa shape index (κ3) is 4.68. The van der Waals surface area contributed by atoms with Gasteiger partial charge < -0.3 is 14.4 Å². The molecule has 1 unspecified atom stereocenters. The van der Waals surface area contributed by atoms with Gasteiger partial charge in [0.25, 0.3) is 0 Å². The summed E-state index contributed by atoms with van der Waals surface area (Å²) in [5.41, 5.74) is -0.360. The molecule has 3 heterocycles. The fourth-order valence-electron chi connectivity index (χ4n) is 5.46. The third-order valence-corrected chi connectivity index (χ3v) is 7.08. The lowest BCUT2D eigenvalue weighted by Gasteiger charge is -2.49. The second-order valence-corrected chi connectivity index (χ2v) is 8.98. The Morgan fingerprint density at radius 3 is 2.73 bits per heavy atom. The van der Waals surface area contributed by atoms with Crippen LogP contribution >= 0.6 is 0 Å². The lowest BCUT2D eigenvalue weighted by Crippen LogP contribution is -2.61. The number of amides is 1. The van der Waals surface area contributed by atoms with Crippen molar-refractivity contribution in [1.82, 2.24) is 30.0 Å². The monoisotopic (exact) mass is 420 g/mol. The predicted molar refractivity (Wildman–Crippen MR) is 111 cm³/mol. The van der Waals surface area contributed by atoms with E-state index in [1.165, 1.54) is 32.1 Å². The Morgan fingerprint density at radius 2 is 1.97 bits per heavy atom. The van der Waals surface area contributed by atoms with Crippen LogP contribution in [0.4, 0.5) is 0 Å². The highest BCUT2D eigenvalue weighted by atomic mass is 16.5. The summed E-state index contributed by atoms with van der Waals surface area (Å²) in [6.07, 6.45) is 8.85. The molecule has 9 nitrogen and oxygen atoms in total. The molecule has 1 amide bonds. The molecule has 0 N–H and O–H groups in total. The molecule has 2 saturated heterocycles. The van der Waals surface area contributed by atoms with Gasteiger partial charge in [-0.2, -0.15) is 0 Å². The molecule has 0 radical (unpaired) electrons. The lowest BCUT2D eigenvalue weighted by atomic mass is 9.83. The molecule has 2 aliphatic heterocycles. The van der Waals surface area contributed by atoms with Crippen LogP contribution < -0.4 is 0 Å². The first-order valence-electron chi connectivity index (χ1n) is 11.6. The van der Waals surface area contributed by atoms with Crippen molar-refractivity contribution in [1.29, 1.82) is 0 Å². The number of likely N-dealkylation sites (tertiary alicyclic amines) is 1. The molecule has 3 aliphatic rings. The minimum Gasteiger partial charge on any atom is -0.383 e. The molecule has 30 heavy (non-hydrogen) atoms. The molecule has 0 aromatic carbocycles. The van der Waals surface area contributed by atoms with Crippen LogP contribution in [0.1, 0.15) is 57.2 Å². The Bertz CT molecular complexity index is 686. The molecular weight excluding hydrogens is 384 g/mol. The van der Waals surface area contributed by atoms with Crippen LogP contribution in [0.2, 0.25) is 0 Å². The maximum atomic E-state index is 13.3. The standard InChI is InChI=1S/C21H36N6O3/c1-29-13-12-27-20(22-23-24-27)21(26-10-14-30-15-11-26)8-5-9-25(17-21)19(28)16-18-6-3-2-4-7-18/h18H,2-17H2,1H3. The van der Waals surface area contributed by atoms with Gasteiger partial charge in [0.15, 0.2) is 5.82 Å². The Balaban J connectivity index is 1.56. The number of methoxy groups -OCH3 is 1. The SMILES string of the molecule is COCCn1nnnc1C1(N2CCOCC2)CCCN(C(=O)CC2CCCCC2)C1. The number of hydrogen-bond acceptors (Lipinski definition) is 7. The number of aromatic nitrogens is 4. The van der Waals surface area contributed by atoms with E-state index in [4.69, 9.17) is 9.47 Å². The second kappa shape index (κ2) is 10.2. The van der Waals surface area contributed by atoms with Crippen LogP contribution in [0.25, 0.3) is 0 Å². The highest BCUT2D eigenvalue weighted by Gasteiger charge is 2.47. The van der Waals surface area contributed by atoms with E-state index in [-0.39, 0.29) is 5.54 Å². The second-order valence-electron chi connectivity index (χ2n) is 8.98. The van der Waals surface area contributed by atoms with Crippen molar-refractivity contribution in [2.24, 2.45) is 5.92 Å². The van der Waals surface area contributed by atoms with Gasteiger partial charge in [0, 0.05) is 39.7 Å². The van der Waals surface area contributed by atoms with Gasteiger partial charge in [-0.05, 0) is 42.0 Å². The van der Waals surface area contributed by atoms with Crippen LogP contribution in [0.15, 0.2) is 0 Å². The quantitative estimate of drug-likeness (QED) is 0.660. The van der Waals surface area contributed by atoms with Crippen molar-refractivity contribution in [3.63, 3.8) is 0 Å². The number of rotatable bonds is 7. The van der Waals surface area contributed by atoms with Crippen LogP contribution in [0.3, 0.4) is 0 Å². The molecular formula is C21H36N6O3. The smallest absolute Gasteiger partial charge is 0.222 e. The summed E-state index contributed by atoms with van der Waals surface area (Å²) in [4.78, 5) is 17.8. The van der Waals surface area contributed by atoms with Gasteiger partial charge in [-0.15, -0.1) is 5.10 Å². The summed E-state index contributed by atoms with van der Waals surface area (Å²) >= 11 is 0. The van der Waals surface area contributed by atoms with Gasteiger partial charge in [0.2, 0.25) is 5.91 Å². The molecule has 1 atom stereocenters. The predicted octanol–water partition coefficient (Wildman–Crippen LogP) is 1.44. The Hall–Kier alpha value is -1.58.